The molecule has 0 aromatic carbocycles. The first kappa shape index (κ1) is 12.5. The summed E-state index contributed by atoms with van der Waals surface area (Å²) in [6.45, 7) is 4.22. The predicted molar refractivity (Wildman–Crippen MR) is 68.0 cm³/mol. The van der Waals surface area contributed by atoms with Crippen LogP contribution in [0.3, 0.4) is 0 Å². The van der Waals surface area contributed by atoms with Crippen molar-refractivity contribution in [2.75, 3.05) is 13.2 Å². The quantitative estimate of drug-likeness (QED) is 0.573. The number of rotatable bonds is 4. The number of hydrogen-bond acceptors (Lipinski definition) is 4. The lowest BCUT2D eigenvalue weighted by Gasteiger charge is -2.40. The number of ether oxygens (including phenoxy) is 2. The Labute approximate surface area is 112 Å². The molecular formula is C15H18O4. The molecule has 102 valence electrons. The molecule has 3 aliphatic rings. The maximum absolute atomic E-state index is 12.1. The van der Waals surface area contributed by atoms with Crippen molar-refractivity contribution in [3.63, 3.8) is 0 Å². The summed E-state index contributed by atoms with van der Waals surface area (Å²) in [5, 5.41) is 0. The average molecular weight is 262 g/mol. The fraction of sp³-hybridized carbons (Fsp3) is 0.600. The number of allylic oxidation sites excluding steroid dienone is 2. The summed E-state index contributed by atoms with van der Waals surface area (Å²) in [4.78, 5) is 24.1. The molecule has 2 bridgehead atoms. The molecule has 0 heterocycles. The Kier molecular flexibility index (Phi) is 2.96. The molecule has 0 saturated heterocycles. The molecule has 4 nitrogen and oxygen atoms in total. The normalized spacial score (nSPS) is 34.0. The Morgan fingerprint density at radius 3 is 1.79 bits per heavy atom. The van der Waals surface area contributed by atoms with Crippen molar-refractivity contribution in [3.05, 3.63) is 23.3 Å². The molecule has 3 rings (SSSR count). The van der Waals surface area contributed by atoms with Gasteiger partial charge in [0.05, 0.1) is 24.4 Å². The van der Waals surface area contributed by atoms with E-state index in [1.165, 1.54) is 0 Å². The van der Waals surface area contributed by atoms with E-state index in [1.807, 2.05) is 0 Å². The summed E-state index contributed by atoms with van der Waals surface area (Å²) in [5.74, 6) is 0.461. The van der Waals surface area contributed by atoms with Crippen LogP contribution in [0.15, 0.2) is 23.3 Å². The van der Waals surface area contributed by atoms with Gasteiger partial charge in [-0.3, -0.25) is 0 Å². The van der Waals surface area contributed by atoms with Crippen molar-refractivity contribution in [1.29, 1.82) is 0 Å². The third-order valence-corrected chi connectivity index (χ3v) is 4.41. The van der Waals surface area contributed by atoms with Gasteiger partial charge in [0.15, 0.2) is 0 Å². The van der Waals surface area contributed by atoms with Crippen LogP contribution in [0, 0.1) is 23.7 Å². The lowest BCUT2D eigenvalue weighted by molar-refractivity contribution is -0.145. The van der Waals surface area contributed by atoms with Crippen molar-refractivity contribution >= 4 is 11.9 Å². The molecule has 4 atom stereocenters. The largest absolute Gasteiger partial charge is 0.463 e. The van der Waals surface area contributed by atoms with E-state index in [0.717, 1.165) is 6.42 Å². The molecule has 19 heavy (non-hydrogen) atoms. The highest BCUT2D eigenvalue weighted by Crippen LogP contribution is 2.61. The van der Waals surface area contributed by atoms with Gasteiger partial charge in [0.2, 0.25) is 0 Å². The summed E-state index contributed by atoms with van der Waals surface area (Å²) >= 11 is 0. The van der Waals surface area contributed by atoms with Gasteiger partial charge < -0.3 is 9.47 Å². The van der Waals surface area contributed by atoms with Gasteiger partial charge in [0.25, 0.3) is 0 Å². The third-order valence-electron chi connectivity index (χ3n) is 4.41. The van der Waals surface area contributed by atoms with Gasteiger partial charge in [-0.05, 0) is 32.1 Å². The molecule has 0 spiro atoms. The summed E-state index contributed by atoms with van der Waals surface area (Å²) in [6, 6.07) is 0. The van der Waals surface area contributed by atoms with Gasteiger partial charge in [0, 0.05) is 11.8 Å². The molecule has 1 saturated carbocycles. The molecule has 0 aromatic rings. The molecule has 0 N–H and O–H groups in total. The third kappa shape index (κ3) is 1.66. The molecule has 4 unspecified atom stereocenters. The van der Waals surface area contributed by atoms with Crippen LogP contribution in [0.5, 0.6) is 0 Å². The van der Waals surface area contributed by atoms with E-state index in [9.17, 15) is 9.59 Å². The minimum Gasteiger partial charge on any atom is -0.463 e. The van der Waals surface area contributed by atoms with E-state index in [1.54, 1.807) is 13.8 Å². The van der Waals surface area contributed by atoms with E-state index >= 15 is 0 Å². The highest BCUT2D eigenvalue weighted by Gasteiger charge is 2.59. The van der Waals surface area contributed by atoms with Crippen molar-refractivity contribution < 1.29 is 19.1 Å². The molecule has 0 aromatic heterocycles. The van der Waals surface area contributed by atoms with Crippen LogP contribution in [-0.4, -0.2) is 25.2 Å². The van der Waals surface area contributed by atoms with Gasteiger partial charge in [-0.25, -0.2) is 9.59 Å². The van der Waals surface area contributed by atoms with Crippen molar-refractivity contribution in [2.24, 2.45) is 23.7 Å². The first-order chi connectivity index (χ1) is 9.19. The molecule has 0 radical (unpaired) electrons. The molecule has 1 fully saturated rings. The minimum atomic E-state index is -0.340. The number of carbonyl (C=O) groups is 2. The summed E-state index contributed by atoms with van der Waals surface area (Å²) in [5.41, 5.74) is 1.14. The molecule has 0 amide bonds. The molecular weight excluding hydrogens is 244 g/mol. The lowest BCUT2D eigenvalue weighted by Crippen LogP contribution is -2.42. The zero-order chi connectivity index (χ0) is 13.6. The van der Waals surface area contributed by atoms with E-state index in [0.29, 0.717) is 36.2 Å². The number of hydrogen-bond donors (Lipinski definition) is 0. The molecule has 4 heteroatoms. The summed E-state index contributed by atoms with van der Waals surface area (Å²) < 4.78 is 10.2. The maximum atomic E-state index is 12.1. The Morgan fingerprint density at radius 2 is 1.42 bits per heavy atom. The second-order valence-corrected chi connectivity index (χ2v) is 5.27. The standard InChI is InChI=1S/C15H18O4/c1-3-18-14(16)12-10-8-5-6-9(7-8)11(10)13(12)15(17)19-4-2/h5-6,8-11H,3-4,7H2,1-2H3. The fourth-order valence-corrected chi connectivity index (χ4v) is 3.78. The van der Waals surface area contributed by atoms with Crippen LogP contribution in [0.4, 0.5) is 0 Å². The van der Waals surface area contributed by atoms with E-state index < -0.39 is 0 Å². The Hall–Kier alpha value is -1.58. The van der Waals surface area contributed by atoms with Crippen LogP contribution in [0.25, 0.3) is 0 Å². The smallest absolute Gasteiger partial charge is 0.334 e. The van der Waals surface area contributed by atoms with Crippen LogP contribution >= 0.6 is 0 Å². The Bertz CT molecular complexity index is 446. The monoisotopic (exact) mass is 262 g/mol. The Balaban J connectivity index is 1.92. The zero-order valence-corrected chi connectivity index (χ0v) is 11.2. The van der Waals surface area contributed by atoms with Crippen molar-refractivity contribution in [3.8, 4) is 0 Å². The second-order valence-electron chi connectivity index (χ2n) is 5.27. The molecule has 0 aliphatic heterocycles. The van der Waals surface area contributed by atoms with Crippen LogP contribution in [0.1, 0.15) is 20.3 Å². The maximum Gasteiger partial charge on any atom is 0.334 e. The van der Waals surface area contributed by atoms with E-state index in [2.05, 4.69) is 12.2 Å². The van der Waals surface area contributed by atoms with Gasteiger partial charge in [-0.2, -0.15) is 0 Å². The van der Waals surface area contributed by atoms with Crippen LogP contribution in [0.2, 0.25) is 0 Å². The van der Waals surface area contributed by atoms with Crippen LogP contribution in [-0.2, 0) is 19.1 Å². The lowest BCUT2D eigenvalue weighted by atomic mass is 9.63. The van der Waals surface area contributed by atoms with Crippen LogP contribution < -0.4 is 0 Å². The Morgan fingerprint density at radius 1 is 1.00 bits per heavy atom. The number of fused-ring (bicyclic) bond motifs is 5. The second kappa shape index (κ2) is 4.51. The first-order valence-electron chi connectivity index (χ1n) is 6.95. The SMILES string of the molecule is CCOC(=O)C1=C(C(=O)OCC)C2C3C=CC(C3)C12. The number of esters is 2. The summed E-state index contributed by atoms with van der Waals surface area (Å²) in [6.07, 6.45) is 5.39. The van der Waals surface area contributed by atoms with Crippen molar-refractivity contribution in [1.82, 2.24) is 0 Å². The van der Waals surface area contributed by atoms with Gasteiger partial charge in [0.1, 0.15) is 0 Å². The van der Waals surface area contributed by atoms with Gasteiger partial charge in [-0.1, -0.05) is 12.2 Å². The van der Waals surface area contributed by atoms with E-state index in [4.69, 9.17) is 9.47 Å². The van der Waals surface area contributed by atoms with Gasteiger partial charge in [-0.15, -0.1) is 0 Å². The highest BCUT2D eigenvalue weighted by atomic mass is 16.5. The van der Waals surface area contributed by atoms with Crippen molar-refractivity contribution in [2.45, 2.75) is 20.3 Å². The highest BCUT2D eigenvalue weighted by molar-refractivity contribution is 6.04. The van der Waals surface area contributed by atoms with E-state index in [-0.39, 0.29) is 23.8 Å². The topological polar surface area (TPSA) is 52.6 Å². The van der Waals surface area contributed by atoms with Gasteiger partial charge >= 0.3 is 11.9 Å². The minimum absolute atomic E-state index is 0.174. The zero-order valence-electron chi connectivity index (χ0n) is 11.2. The first-order valence-corrected chi connectivity index (χ1v) is 6.95. The average Bonchev–Trinajstić information content (AvgIpc) is 2.87. The fourth-order valence-electron chi connectivity index (χ4n) is 3.78. The number of carbonyl (C=O) groups excluding carboxylic acids is 2. The molecule has 3 aliphatic carbocycles. The predicted octanol–water partition coefficient (Wildman–Crippen LogP) is 1.86. The summed E-state index contributed by atoms with van der Waals surface area (Å²) in [7, 11) is 0.